The van der Waals surface area contributed by atoms with Crippen LogP contribution in [0.3, 0.4) is 0 Å². The van der Waals surface area contributed by atoms with E-state index >= 15 is 0 Å². The van der Waals surface area contributed by atoms with Gasteiger partial charge >= 0.3 is 5.97 Å². The van der Waals surface area contributed by atoms with Crippen LogP contribution in [0.5, 0.6) is 0 Å². The number of pyridine rings is 1. The van der Waals surface area contributed by atoms with Crippen molar-refractivity contribution in [2.45, 2.75) is 18.8 Å². The molecule has 0 radical (unpaired) electrons. The molecule has 2 atom stereocenters. The van der Waals surface area contributed by atoms with Gasteiger partial charge in [0, 0.05) is 24.0 Å². The van der Waals surface area contributed by atoms with E-state index in [9.17, 15) is 9.59 Å². The zero-order chi connectivity index (χ0) is 15.5. The van der Waals surface area contributed by atoms with Gasteiger partial charge in [-0.25, -0.2) is 0 Å². The molecular formula is C17H16N2O3. The topological polar surface area (TPSA) is 79.3 Å². The number of carboxylic acids is 1. The Labute approximate surface area is 128 Å². The first-order chi connectivity index (χ1) is 10.6. The lowest BCUT2D eigenvalue weighted by atomic mass is 10.1. The van der Waals surface area contributed by atoms with Crippen molar-refractivity contribution >= 4 is 17.6 Å². The number of aliphatic carboxylic acids is 1. The molecule has 0 bridgehead atoms. The van der Waals surface area contributed by atoms with Crippen LogP contribution in [0.25, 0.3) is 0 Å². The Morgan fingerprint density at radius 3 is 2.86 bits per heavy atom. The zero-order valence-corrected chi connectivity index (χ0v) is 11.9. The number of amides is 1. The Balaban J connectivity index is 1.62. The van der Waals surface area contributed by atoms with E-state index in [4.69, 9.17) is 5.11 Å². The van der Waals surface area contributed by atoms with Crippen molar-refractivity contribution in [2.24, 2.45) is 5.92 Å². The highest BCUT2D eigenvalue weighted by Gasteiger charge is 2.44. The minimum atomic E-state index is -0.887. The Hall–Kier alpha value is -2.69. The van der Waals surface area contributed by atoms with E-state index in [1.165, 1.54) is 0 Å². The van der Waals surface area contributed by atoms with Crippen LogP contribution in [-0.4, -0.2) is 22.0 Å². The van der Waals surface area contributed by atoms with Crippen molar-refractivity contribution in [3.8, 4) is 0 Å². The van der Waals surface area contributed by atoms with Crippen LogP contribution in [0.15, 0.2) is 48.8 Å². The van der Waals surface area contributed by atoms with Crippen LogP contribution in [0.4, 0.5) is 5.69 Å². The molecule has 1 aliphatic carbocycles. The number of anilines is 1. The summed E-state index contributed by atoms with van der Waals surface area (Å²) in [5, 5.41) is 11.7. The number of nitrogens with one attached hydrogen (secondary N) is 1. The number of carbonyl (C=O) groups excluding carboxylic acids is 1. The van der Waals surface area contributed by atoms with Gasteiger partial charge in [-0.3, -0.25) is 14.6 Å². The maximum Gasteiger partial charge on any atom is 0.307 e. The Morgan fingerprint density at radius 2 is 2.14 bits per heavy atom. The first kappa shape index (κ1) is 14.3. The molecule has 2 aromatic rings. The van der Waals surface area contributed by atoms with Gasteiger partial charge in [-0.05, 0) is 41.7 Å². The summed E-state index contributed by atoms with van der Waals surface area (Å²) in [6.45, 7) is 0. The van der Waals surface area contributed by atoms with E-state index in [0.29, 0.717) is 11.3 Å². The number of hydrogen-bond donors (Lipinski definition) is 2. The van der Waals surface area contributed by atoms with Crippen LogP contribution < -0.4 is 5.32 Å². The molecule has 1 aromatic heterocycles. The number of nitrogens with zero attached hydrogens (tertiary/aromatic N) is 1. The predicted octanol–water partition coefficient (Wildman–Crippen LogP) is 2.45. The molecule has 2 N–H and O–H groups in total. The Morgan fingerprint density at radius 1 is 1.27 bits per heavy atom. The summed E-state index contributed by atoms with van der Waals surface area (Å²) in [6, 6.07) is 10.8. The van der Waals surface area contributed by atoms with Gasteiger partial charge < -0.3 is 10.4 Å². The van der Waals surface area contributed by atoms with Crippen LogP contribution >= 0.6 is 0 Å². The van der Waals surface area contributed by atoms with E-state index in [2.05, 4.69) is 10.3 Å². The zero-order valence-electron chi connectivity index (χ0n) is 11.9. The van der Waals surface area contributed by atoms with Crippen LogP contribution in [0, 0.1) is 5.92 Å². The van der Waals surface area contributed by atoms with Crippen molar-refractivity contribution in [2.75, 3.05) is 5.32 Å². The molecule has 0 aliphatic heterocycles. The molecule has 112 valence electrons. The smallest absolute Gasteiger partial charge is 0.307 e. The molecule has 0 unspecified atom stereocenters. The maximum atomic E-state index is 12.2. The third-order valence-corrected chi connectivity index (χ3v) is 3.79. The average Bonchev–Trinajstić information content (AvgIpc) is 3.28. The number of aromatic nitrogens is 1. The van der Waals surface area contributed by atoms with Crippen LogP contribution in [-0.2, 0) is 16.0 Å². The second kappa shape index (κ2) is 5.97. The van der Waals surface area contributed by atoms with E-state index in [1.807, 2.05) is 12.1 Å². The quantitative estimate of drug-likeness (QED) is 0.888. The molecule has 3 rings (SSSR count). The molecule has 0 saturated heterocycles. The third kappa shape index (κ3) is 3.31. The van der Waals surface area contributed by atoms with Crippen LogP contribution in [0.2, 0.25) is 0 Å². The summed E-state index contributed by atoms with van der Waals surface area (Å²) in [7, 11) is 0. The second-order valence-corrected chi connectivity index (χ2v) is 5.50. The van der Waals surface area contributed by atoms with Gasteiger partial charge in [0.25, 0.3) is 0 Å². The summed E-state index contributed by atoms with van der Waals surface area (Å²) in [5.41, 5.74) is 2.40. The summed E-state index contributed by atoms with van der Waals surface area (Å²) in [5.74, 6) is -0.716. The lowest BCUT2D eigenvalue weighted by molar-refractivity contribution is -0.136. The van der Waals surface area contributed by atoms with Gasteiger partial charge in [-0.1, -0.05) is 18.2 Å². The van der Waals surface area contributed by atoms with E-state index in [0.717, 1.165) is 12.0 Å². The summed E-state index contributed by atoms with van der Waals surface area (Å²) < 4.78 is 0. The van der Waals surface area contributed by atoms with Crippen molar-refractivity contribution in [3.05, 3.63) is 59.9 Å². The van der Waals surface area contributed by atoms with Crippen molar-refractivity contribution in [3.63, 3.8) is 0 Å². The van der Waals surface area contributed by atoms with Gasteiger partial charge in [0.15, 0.2) is 0 Å². The summed E-state index contributed by atoms with van der Waals surface area (Å²) in [6.07, 6.45) is 4.29. The monoisotopic (exact) mass is 296 g/mol. The van der Waals surface area contributed by atoms with E-state index in [-0.39, 0.29) is 24.2 Å². The van der Waals surface area contributed by atoms with Gasteiger partial charge in [0.2, 0.25) is 5.91 Å². The molecule has 1 fully saturated rings. The third-order valence-electron chi connectivity index (χ3n) is 3.79. The fourth-order valence-electron chi connectivity index (χ4n) is 2.62. The highest BCUT2D eigenvalue weighted by Crippen LogP contribution is 2.47. The highest BCUT2D eigenvalue weighted by molar-refractivity contribution is 5.95. The van der Waals surface area contributed by atoms with Crippen molar-refractivity contribution in [1.29, 1.82) is 0 Å². The molecule has 1 heterocycles. The molecule has 1 saturated carbocycles. The summed E-state index contributed by atoms with van der Waals surface area (Å²) in [4.78, 5) is 27.0. The number of benzene rings is 1. The second-order valence-electron chi connectivity index (χ2n) is 5.50. The first-order valence-electron chi connectivity index (χ1n) is 7.15. The minimum Gasteiger partial charge on any atom is -0.481 e. The SMILES string of the molecule is O=C(O)Cc1cccc(NC(=O)[C@@H]2C[C@@H]2c2cccnc2)c1. The minimum absolute atomic E-state index is 0.0265. The number of hydrogen-bond acceptors (Lipinski definition) is 3. The summed E-state index contributed by atoms with van der Waals surface area (Å²) >= 11 is 0. The molecule has 1 aliphatic rings. The number of carbonyl (C=O) groups is 2. The fourth-order valence-corrected chi connectivity index (χ4v) is 2.62. The molecule has 22 heavy (non-hydrogen) atoms. The molecule has 5 nitrogen and oxygen atoms in total. The fraction of sp³-hybridized carbons (Fsp3) is 0.235. The molecule has 0 spiro atoms. The molecule has 5 heteroatoms. The molecule has 1 amide bonds. The number of carboxylic acid groups (broad SMARTS) is 1. The average molecular weight is 296 g/mol. The van der Waals surface area contributed by atoms with Crippen LogP contribution in [0.1, 0.15) is 23.5 Å². The van der Waals surface area contributed by atoms with Crippen molar-refractivity contribution in [1.82, 2.24) is 4.98 Å². The Bertz CT molecular complexity index is 700. The Kier molecular flexibility index (Phi) is 3.87. The van der Waals surface area contributed by atoms with Gasteiger partial charge in [0.05, 0.1) is 6.42 Å². The lowest BCUT2D eigenvalue weighted by Gasteiger charge is -2.06. The lowest BCUT2D eigenvalue weighted by Crippen LogP contribution is -2.14. The van der Waals surface area contributed by atoms with Gasteiger partial charge in [-0.15, -0.1) is 0 Å². The first-order valence-corrected chi connectivity index (χ1v) is 7.15. The molecule has 1 aromatic carbocycles. The van der Waals surface area contributed by atoms with E-state index in [1.54, 1.807) is 36.7 Å². The highest BCUT2D eigenvalue weighted by atomic mass is 16.4. The van der Waals surface area contributed by atoms with Gasteiger partial charge in [0.1, 0.15) is 0 Å². The van der Waals surface area contributed by atoms with E-state index < -0.39 is 5.97 Å². The predicted molar refractivity (Wildman–Crippen MR) is 81.5 cm³/mol. The van der Waals surface area contributed by atoms with Gasteiger partial charge in [-0.2, -0.15) is 0 Å². The molecular weight excluding hydrogens is 280 g/mol. The normalized spacial score (nSPS) is 19.5. The maximum absolute atomic E-state index is 12.2. The number of rotatable bonds is 5. The standard InChI is InChI=1S/C17H16N2O3/c20-16(21)8-11-3-1-5-13(7-11)19-17(22)15-9-14(15)12-4-2-6-18-10-12/h1-7,10,14-15H,8-9H2,(H,19,22)(H,20,21)/t14-,15-/m1/s1. The van der Waals surface area contributed by atoms with Crippen molar-refractivity contribution < 1.29 is 14.7 Å². The largest absolute Gasteiger partial charge is 0.481 e.